The van der Waals surface area contributed by atoms with Crippen molar-refractivity contribution < 1.29 is 14.4 Å². The second-order valence-electron chi connectivity index (χ2n) is 6.76. The molecule has 2 heterocycles. The molecule has 5 amide bonds. The highest BCUT2D eigenvalue weighted by atomic mass is 16.2. The highest BCUT2D eigenvalue weighted by molar-refractivity contribution is 5.87. The minimum atomic E-state index is -0.716. The molecule has 1 aromatic rings. The van der Waals surface area contributed by atoms with Gasteiger partial charge < -0.3 is 26.2 Å². The zero-order valence-corrected chi connectivity index (χ0v) is 14.7. The first kappa shape index (κ1) is 18.0. The van der Waals surface area contributed by atoms with Gasteiger partial charge >= 0.3 is 12.1 Å². The maximum atomic E-state index is 13.0. The van der Waals surface area contributed by atoms with Gasteiger partial charge in [0.2, 0.25) is 5.91 Å². The number of likely N-dealkylation sites (tertiary alicyclic amines) is 1. The second-order valence-corrected chi connectivity index (χ2v) is 6.76. The third-order valence-corrected chi connectivity index (χ3v) is 4.94. The first-order valence-corrected chi connectivity index (χ1v) is 8.98. The molecule has 2 atom stereocenters. The van der Waals surface area contributed by atoms with Crippen LogP contribution in [0.4, 0.5) is 9.59 Å². The van der Waals surface area contributed by atoms with Gasteiger partial charge in [-0.1, -0.05) is 30.3 Å². The summed E-state index contributed by atoms with van der Waals surface area (Å²) in [6.45, 7) is 2.41. The molecular weight excluding hydrogens is 334 g/mol. The van der Waals surface area contributed by atoms with Crippen LogP contribution in [0.25, 0.3) is 0 Å². The number of rotatable bonds is 5. The van der Waals surface area contributed by atoms with Gasteiger partial charge in [0.05, 0.1) is 6.04 Å². The lowest BCUT2D eigenvalue weighted by atomic mass is 10.0. The first-order chi connectivity index (χ1) is 12.5. The van der Waals surface area contributed by atoms with E-state index in [-0.39, 0.29) is 18.0 Å². The largest absolute Gasteiger partial charge is 0.352 e. The molecule has 0 aliphatic carbocycles. The monoisotopic (exact) mass is 359 g/mol. The van der Waals surface area contributed by atoms with Crippen molar-refractivity contribution in [3.05, 3.63) is 35.9 Å². The molecule has 2 fully saturated rings. The lowest BCUT2D eigenvalue weighted by Crippen LogP contribution is -2.56. The van der Waals surface area contributed by atoms with E-state index in [9.17, 15) is 14.4 Å². The molecule has 2 unspecified atom stereocenters. The molecule has 8 nitrogen and oxygen atoms in total. The molecule has 2 saturated heterocycles. The van der Waals surface area contributed by atoms with Crippen LogP contribution in [0.1, 0.15) is 18.4 Å². The Hall–Kier alpha value is -2.77. The minimum Gasteiger partial charge on any atom is -0.352 e. The van der Waals surface area contributed by atoms with E-state index in [1.54, 1.807) is 9.80 Å². The Morgan fingerprint density at radius 1 is 1.27 bits per heavy atom. The molecule has 8 heteroatoms. The van der Waals surface area contributed by atoms with Crippen LogP contribution in [-0.2, 0) is 11.2 Å². The second kappa shape index (κ2) is 8.07. The normalized spacial score (nSPS) is 21.2. The number of hydrogen-bond acceptors (Lipinski definition) is 3. The minimum absolute atomic E-state index is 0.0150. The standard InChI is InChI=1S/C18H25N5O3/c19-17(25)21-15(11-13-5-2-1-3-6-13)16(24)22-9-4-7-14(12-22)23-10-8-20-18(23)26/h1-3,5-6,14-15H,4,7-12H2,(H,20,26)(H3,19,21,25). The zero-order valence-electron chi connectivity index (χ0n) is 14.7. The summed E-state index contributed by atoms with van der Waals surface area (Å²) in [6.07, 6.45) is 2.09. The van der Waals surface area contributed by atoms with Crippen molar-refractivity contribution in [1.82, 2.24) is 20.4 Å². The molecule has 1 aromatic carbocycles. The van der Waals surface area contributed by atoms with Crippen LogP contribution < -0.4 is 16.4 Å². The van der Waals surface area contributed by atoms with Gasteiger partial charge in [0.15, 0.2) is 0 Å². The Kier molecular flexibility index (Phi) is 5.60. The zero-order chi connectivity index (χ0) is 18.5. The molecule has 0 bridgehead atoms. The van der Waals surface area contributed by atoms with Crippen molar-refractivity contribution in [2.75, 3.05) is 26.2 Å². The smallest absolute Gasteiger partial charge is 0.317 e. The van der Waals surface area contributed by atoms with Crippen LogP contribution in [-0.4, -0.2) is 66.0 Å². The number of carbonyl (C=O) groups excluding carboxylic acids is 3. The third-order valence-electron chi connectivity index (χ3n) is 4.94. The average Bonchev–Trinajstić information content (AvgIpc) is 3.07. The van der Waals surface area contributed by atoms with E-state index in [1.165, 1.54) is 0 Å². The number of benzene rings is 1. The van der Waals surface area contributed by atoms with Crippen LogP contribution >= 0.6 is 0 Å². The summed E-state index contributed by atoms with van der Waals surface area (Å²) in [5.74, 6) is -0.156. The Morgan fingerprint density at radius 3 is 2.69 bits per heavy atom. The predicted octanol–water partition coefficient (Wildman–Crippen LogP) is 0.282. The van der Waals surface area contributed by atoms with Gasteiger partial charge in [0.25, 0.3) is 0 Å². The van der Waals surface area contributed by atoms with Gasteiger partial charge in [0, 0.05) is 32.6 Å². The summed E-state index contributed by atoms with van der Waals surface area (Å²) in [6, 6.07) is 8.04. The molecule has 0 spiro atoms. The van der Waals surface area contributed by atoms with Crippen molar-refractivity contribution in [2.45, 2.75) is 31.3 Å². The van der Waals surface area contributed by atoms with E-state index < -0.39 is 12.1 Å². The van der Waals surface area contributed by atoms with E-state index in [2.05, 4.69) is 10.6 Å². The third kappa shape index (κ3) is 4.25. The van der Waals surface area contributed by atoms with Crippen molar-refractivity contribution >= 4 is 18.0 Å². The SMILES string of the molecule is NC(=O)NC(Cc1ccccc1)C(=O)N1CCCC(N2CCNC2=O)C1. The highest BCUT2D eigenvalue weighted by Gasteiger charge is 2.35. The van der Waals surface area contributed by atoms with Crippen LogP contribution in [0, 0.1) is 0 Å². The summed E-state index contributed by atoms with van der Waals surface area (Å²) >= 11 is 0. The van der Waals surface area contributed by atoms with Crippen molar-refractivity contribution in [2.24, 2.45) is 5.73 Å². The van der Waals surface area contributed by atoms with E-state index in [0.717, 1.165) is 18.4 Å². The fourth-order valence-electron chi connectivity index (χ4n) is 3.69. The Labute approximate surface area is 152 Å². The maximum absolute atomic E-state index is 13.0. The van der Waals surface area contributed by atoms with E-state index in [4.69, 9.17) is 5.73 Å². The van der Waals surface area contributed by atoms with Gasteiger partial charge in [0.1, 0.15) is 6.04 Å². The summed E-state index contributed by atoms with van der Waals surface area (Å²) in [5.41, 5.74) is 6.23. The number of piperidine rings is 1. The molecule has 2 aliphatic rings. The number of nitrogens with two attached hydrogens (primary N) is 1. The summed E-state index contributed by atoms with van der Waals surface area (Å²) in [4.78, 5) is 39.8. The van der Waals surface area contributed by atoms with E-state index in [0.29, 0.717) is 32.6 Å². The van der Waals surface area contributed by atoms with Crippen molar-refractivity contribution in [3.8, 4) is 0 Å². The Morgan fingerprint density at radius 2 is 2.04 bits per heavy atom. The number of primary amides is 1. The highest BCUT2D eigenvalue weighted by Crippen LogP contribution is 2.19. The maximum Gasteiger partial charge on any atom is 0.317 e. The van der Waals surface area contributed by atoms with Gasteiger partial charge in [-0.25, -0.2) is 9.59 Å². The lowest BCUT2D eigenvalue weighted by Gasteiger charge is -2.38. The number of nitrogens with one attached hydrogen (secondary N) is 2. The Balaban J connectivity index is 1.68. The number of nitrogens with zero attached hydrogens (tertiary/aromatic N) is 2. The fourth-order valence-corrected chi connectivity index (χ4v) is 3.69. The van der Waals surface area contributed by atoms with Crippen LogP contribution in [0.3, 0.4) is 0 Å². The average molecular weight is 359 g/mol. The molecular formula is C18H25N5O3. The molecule has 26 heavy (non-hydrogen) atoms. The fraction of sp³-hybridized carbons (Fsp3) is 0.500. The molecule has 0 aromatic heterocycles. The molecule has 3 rings (SSSR count). The lowest BCUT2D eigenvalue weighted by molar-refractivity contribution is -0.135. The molecule has 0 saturated carbocycles. The van der Waals surface area contributed by atoms with Crippen molar-refractivity contribution in [1.29, 1.82) is 0 Å². The topological polar surface area (TPSA) is 108 Å². The Bertz CT molecular complexity index is 666. The molecule has 4 N–H and O–H groups in total. The van der Waals surface area contributed by atoms with Gasteiger partial charge in [-0.05, 0) is 18.4 Å². The van der Waals surface area contributed by atoms with Crippen LogP contribution in [0.2, 0.25) is 0 Å². The number of amides is 5. The quantitative estimate of drug-likeness (QED) is 0.703. The van der Waals surface area contributed by atoms with E-state index >= 15 is 0 Å². The number of hydrogen-bond donors (Lipinski definition) is 3. The summed E-state index contributed by atoms with van der Waals surface area (Å²) in [7, 11) is 0. The van der Waals surface area contributed by atoms with Crippen LogP contribution in [0.15, 0.2) is 30.3 Å². The molecule has 140 valence electrons. The molecule has 2 aliphatic heterocycles. The van der Waals surface area contributed by atoms with Gasteiger partial charge in [-0.3, -0.25) is 4.79 Å². The van der Waals surface area contributed by atoms with E-state index in [1.807, 2.05) is 30.3 Å². The van der Waals surface area contributed by atoms with Gasteiger partial charge in [-0.15, -0.1) is 0 Å². The van der Waals surface area contributed by atoms with Crippen LogP contribution in [0.5, 0.6) is 0 Å². The molecule has 0 radical (unpaired) electrons. The first-order valence-electron chi connectivity index (χ1n) is 8.98. The summed E-state index contributed by atoms with van der Waals surface area (Å²) < 4.78 is 0. The number of urea groups is 2. The van der Waals surface area contributed by atoms with Gasteiger partial charge in [-0.2, -0.15) is 0 Å². The summed E-state index contributed by atoms with van der Waals surface area (Å²) in [5, 5.41) is 5.38. The number of carbonyl (C=O) groups is 3. The predicted molar refractivity (Wildman–Crippen MR) is 96.4 cm³/mol. The van der Waals surface area contributed by atoms with Crippen molar-refractivity contribution in [3.63, 3.8) is 0 Å².